The van der Waals surface area contributed by atoms with E-state index in [2.05, 4.69) is 10.6 Å². The second-order valence-corrected chi connectivity index (χ2v) is 9.60. The molecule has 0 heterocycles. The smallest absolute Gasteiger partial charge is 0.272 e. The third kappa shape index (κ3) is 7.24. The number of hydrogen-bond acceptors (Lipinski definition) is 3. The summed E-state index contributed by atoms with van der Waals surface area (Å²) in [5.74, 6) is -2.27. The fourth-order valence-electron chi connectivity index (χ4n) is 3.58. The molecule has 0 spiro atoms. The van der Waals surface area contributed by atoms with Gasteiger partial charge in [-0.05, 0) is 78.9 Å². The number of carbonyl (C=O) groups excluding carboxylic acids is 3. The van der Waals surface area contributed by atoms with E-state index in [1.54, 1.807) is 48.5 Å². The molecule has 0 aliphatic heterocycles. The lowest BCUT2D eigenvalue weighted by Gasteiger charge is -2.12. The van der Waals surface area contributed by atoms with Gasteiger partial charge in [0.15, 0.2) is 5.78 Å². The van der Waals surface area contributed by atoms with Crippen LogP contribution in [0.3, 0.4) is 0 Å². The van der Waals surface area contributed by atoms with Crippen molar-refractivity contribution in [1.29, 1.82) is 0 Å². The lowest BCUT2D eigenvalue weighted by molar-refractivity contribution is -0.113. The molecule has 0 saturated heterocycles. The second kappa shape index (κ2) is 13.2. The molecule has 0 aromatic heterocycles. The Kier molecular flexibility index (Phi) is 9.51. The number of hydrogen-bond donors (Lipinski definition) is 2. The molecule has 0 radical (unpaired) electrons. The van der Waals surface area contributed by atoms with Gasteiger partial charge in [-0.2, -0.15) is 0 Å². The number of amides is 2. The zero-order valence-corrected chi connectivity index (χ0v) is 22.9. The molecule has 4 rings (SSSR count). The highest BCUT2D eigenvalue weighted by molar-refractivity contribution is 6.37. The van der Waals surface area contributed by atoms with Crippen LogP contribution in [-0.2, 0) is 4.79 Å². The van der Waals surface area contributed by atoms with Gasteiger partial charge >= 0.3 is 0 Å². The highest BCUT2D eigenvalue weighted by Crippen LogP contribution is 2.26. The van der Waals surface area contributed by atoms with Crippen molar-refractivity contribution in [1.82, 2.24) is 5.32 Å². The molecule has 0 aliphatic rings. The molecule has 4 aromatic rings. The molecule has 9 heteroatoms. The van der Waals surface area contributed by atoms with Crippen molar-refractivity contribution in [3.63, 3.8) is 0 Å². The summed E-state index contributed by atoms with van der Waals surface area (Å²) in [6, 6.07) is 23.5. The van der Waals surface area contributed by atoms with E-state index in [0.29, 0.717) is 32.4 Å². The van der Waals surface area contributed by atoms with Crippen LogP contribution in [0.15, 0.2) is 103 Å². The summed E-state index contributed by atoms with van der Waals surface area (Å²) in [7, 11) is 0. The van der Waals surface area contributed by atoms with Gasteiger partial charge in [-0.25, -0.2) is 4.39 Å². The van der Waals surface area contributed by atoms with E-state index >= 15 is 0 Å². The van der Waals surface area contributed by atoms with Crippen molar-refractivity contribution in [3.05, 3.63) is 146 Å². The first-order chi connectivity index (χ1) is 19.2. The van der Waals surface area contributed by atoms with E-state index in [-0.39, 0.29) is 22.1 Å². The van der Waals surface area contributed by atoms with Gasteiger partial charge in [0.25, 0.3) is 11.8 Å². The minimum Gasteiger partial charge on any atom is -0.321 e. The van der Waals surface area contributed by atoms with Gasteiger partial charge in [-0.3, -0.25) is 14.4 Å². The summed E-state index contributed by atoms with van der Waals surface area (Å²) in [4.78, 5) is 38.6. The summed E-state index contributed by atoms with van der Waals surface area (Å²) in [6.07, 6.45) is 4.04. The number of carbonyl (C=O) groups is 3. The molecule has 5 nitrogen and oxygen atoms in total. The van der Waals surface area contributed by atoms with Gasteiger partial charge in [0, 0.05) is 38.0 Å². The highest BCUT2D eigenvalue weighted by Gasteiger charge is 2.17. The minimum atomic E-state index is -0.726. The fraction of sp³-hybridized carbons (Fsp3) is 0. The van der Waals surface area contributed by atoms with E-state index in [1.165, 1.54) is 54.6 Å². The lowest BCUT2D eigenvalue weighted by Crippen LogP contribution is -2.30. The Morgan fingerprint density at radius 2 is 1.27 bits per heavy atom. The van der Waals surface area contributed by atoms with Crippen LogP contribution in [0.25, 0.3) is 12.2 Å². The van der Waals surface area contributed by atoms with Gasteiger partial charge in [-0.15, -0.1) is 0 Å². The molecule has 2 amide bonds. The SMILES string of the molecule is O=C(Nc1ccc(C(=O)/C=C/c2c(Cl)cccc2Cl)cc1)/C(=C/c1c(F)cccc1Cl)NC(=O)c1ccccc1. The van der Waals surface area contributed by atoms with Gasteiger partial charge in [-0.1, -0.05) is 65.1 Å². The first-order valence-corrected chi connectivity index (χ1v) is 13.0. The van der Waals surface area contributed by atoms with Crippen molar-refractivity contribution in [2.24, 2.45) is 0 Å². The maximum absolute atomic E-state index is 14.5. The first kappa shape index (κ1) is 28.8. The van der Waals surface area contributed by atoms with E-state index in [9.17, 15) is 18.8 Å². The quantitative estimate of drug-likeness (QED) is 0.160. The van der Waals surface area contributed by atoms with Crippen LogP contribution >= 0.6 is 34.8 Å². The van der Waals surface area contributed by atoms with E-state index in [0.717, 1.165) is 6.08 Å². The number of benzene rings is 4. The number of allylic oxidation sites excluding steroid dienone is 1. The Bertz CT molecular complexity index is 1600. The second-order valence-electron chi connectivity index (χ2n) is 8.38. The Balaban J connectivity index is 1.54. The molecule has 0 saturated carbocycles. The normalized spacial score (nSPS) is 11.3. The van der Waals surface area contributed by atoms with Crippen LogP contribution in [0, 0.1) is 5.82 Å². The fourth-order valence-corrected chi connectivity index (χ4v) is 4.32. The number of rotatable bonds is 8. The van der Waals surface area contributed by atoms with Crippen LogP contribution in [0.2, 0.25) is 15.1 Å². The van der Waals surface area contributed by atoms with Crippen LogP contribution < -0.4 is 10.6 Å². The Hall–Kier alpha value is -4.23. The van der Waals surface area contributed by atoms with Crippen LogP contribution in [0.5, 0.6) is 0 Å². The van der Waals surface area contributed by atoms with Crippen molar-refractivity contribution in [2.75, 3.05) is 5.32 Å². The number of anilines is 1. The molecular weight excluding hydrogens is 574 g/mol. The number of ketones is 1. The summed E-state index contributed by atoms with van der Waals surface area (Å²) in [5.41, 5.74) is 1.21. The zero-order chi connectivity index (χ0) is 28.6. The average molecular weight is 594 g/mol. The van der Waals surface area contributed by atoms with Gasteiger partial charge in [0.2, 0.25) is 0 Å². The van der Waals surface area contributed by atoms with Crippen molar-refractivity contribution < 1.29 is 18.8 Å². The third-order valence-electron chi connectivity index (χ3n) is 5.65. The molecule has 4 aromatic carbocycles. The van der Waals surface area contributed by atoms with Gasteiger partial charge in [0.05, 0.1) is 5.02 Å². The zero-order valence-electron chi connectivity index (χ0n) is 20.6. The summed E-state index contributed by atoms with van der Waals surface area (Å²) >= 11 is 18.4. The molecule has 2 N–H and O–H groups in total. The van der Waals surface area contributed by atoms with Crippen LogP contribution in [-0.4, -0.2) is 17.6 Å². The summed E-state index contributed by atoms with van der Waals surface area (Å²) in [5, 5.41) is 6.06. The van der Waals surface area contributed by atoms with Crippen LogP contribution in [0.1, 0.15) is 31.8 Å². The Labute approximate surface area is 244 Å². The maximum atomic E-state index is 14.5. The van der Waals surface area contributed by atoms with E-state index < -0.39 is 17.6 Å². The predicted octanol–water partition coefficient (Wildman–Crippen LogP) is 8.09. The predicted molar refractivity (Wildman–Crippen MR) is 158 cm³/mol. The summed E-state index contributed by atoms with van der Waals surface area (Å²) in [6.45, 7) is 0. The molecule has 0 fully saturated rings. The van der Waals surface area contributed by atoms with Crippen LogP contribution in [0.4, 0.5) is 10.1 Å². The molecule has 0 unspecified atom stereocenters. The summed E-state index contributed by atoms with van der Waals surface area (Å²) < 4.78 is 14.5. The van der Waals surface area contributed by atoms with Crippen molar-refractivity contribution >= 4 is 70.2 Å². The monoisotopic (exact) mass is 592 g/mol. The first-order valence-electron chi connectivity index (χ1n) is 11.8. The lowest BCUT2D eigenvalue weighted by atomic mass is 10.1. The molecule has 200 valence electrons. The maximum Gasteiger partial charge on any atom is 0.272 e. The number of nitrogens with one attached hydrogen (secondary N) is 2. The van der Waals surface area contributed by atoms with E-state index in [4.69, 9.17) is 34.8 Å². The molecule has 0 bridgehead atoms. The Morgan fingerprint density at radius 3 is 1.90 bits per heavy atom. The topological polar surface area (TPSA) is 75.3 Å². The van der Waals surface area contributed by atoms with E-state index in [1.807, 2.05) is 0 Å². The van der Waals surface area contributed by atoms with Crippen molar-refractivity contribution in [2.45, 2.75) is 0 Å². The molecule has 0 atom stereocenters. The third-order valence-corrected chi connectivity index (χ3v) is 6.63. The average Bonchev–Trinajstić information content (AvgIpc) is 2.94. The van der Waals surface area contributed by atoms with Crippen molar-refractivity contribution in [3.8, 4) is 0 Å². The van der Waals surface area contributed by atoms with Gasteiger partial charge < -0.3 is 10.6 Å². The largest absolute Gasteiger partial charge is 0.321 e. The number of halogens is 4. The Morgan fingerprint density at radius 1 is 0.675 bits per heavy atom. The molecule has 0 aliphatic carbocycles. The standard InChI is InChI=1S/C31H20Cl3FN2O3/c32-24-8-4-9-25(33)22(24)16-17-29(38)19-12-14-21(15-13-19)36-31(40)28(18-23-26(34)10-5-11-27(23)35)37-30(39)20-6-2-1-3-7-20/h1-18H,(H,36,40)(H,37,39)/b17-16+,28-18-. The minimum absolute atomic E-state index is 0.0611. The molecule has 40 heavy (non-hydrogen) atoms. The highest BCUT2D eigenvalue weighted by atomic mass is 35.5. The van der Waals surface area contributed by atoms with Gasteiger partial charge in [0.1, 0.15) is 11.5 Å². The molecular formula is C31H20Cl3FN2O3.